The standard InChI is InChI=1S/C28H29Cl2F2N3O4/c29-22-6-5-19(11-24(22)31)39-15-18(36)4-1-16-7-9-34(10-8-16)33-28(38)21-14-35(17-2-3-17)26-13-23(30)25(32)12-20(26)27(21)37/h5-6,11-14,16-18,36H,1-4,7-10,15H2,(H,33,38). The maximum Gasteiger partial charge on any atom is 0.271 e. The Morgan fingerprint density at radius 1 is 1.08 bits per heavy atom. The van der Waals surface area contributed by atoms with E-state index in [1.54, 1.807) is 17.3 Å². The lowest BCUT2D eigenvalue weighted by molar-refractivity contribution is 0.0645. The Morgan fingerprint density at radius 2 is 1.79 bits per heavy atom. The van der Waals surface area contributed by atoms with Crippen LogP contribution in [-0.4, -0.2) is 46.4 Å². The Hall–Kier alpha value is -2.72. The lowest BCUT2D eigenvalue weighted by Gasteiger charge is -2.32. The number of aliphatic hydroxyl groups excluding tert-OH is 1. The van der Waals surface area contributed by atoms with E-state index < -0.39 is 29.1 Å². The van der Waals surface area contributed by atoms with Gasteiger partial charge in [0.05, 0.1) is 21.7 Å². The molecular weight excluding hydrogens is 551 g/mol. The number of amides is 1. The van der Waals surface area contributed by atoms with E-state index >= 15 is 0 Å². The van der Waals surface area contributed by atoms with Gasteiger partial charge < -0.3 is 14.4 Å². The summed E-state index contributed by atoms with van der Waals surface area (Å²) in [5.74, 6) is -1.11. The molecule has 2 aliphatic rings. The summed E-state index contributed by atoms with van der Waals surface area (Å²) in [4.78, 5) is 26.2. The number of carbonyl (C=O) groups excluding carboxylic acids is 1. The topological polar surface area (TPSA) is 83.8 Å². The van der Waals surface area contributed by atoms with E-state index in [2.05, 4.69) is 5.43 Å². The molecule has 2 N–H and O–H groups in total. The number of aromatic nitrogens is 1. The molecule has 7 nitrogen and oxygen atoms in total. The average Bonchev–Trinajstić information content (AvgIpc) is 3.76. The summed E-state index contributed by atoms with van der Waals surface area (Å²) >= 11 is 11.6. The molecule has 1 unspecified atom stereocenters. The number of aliphatic hydroxyl groups is 1. The van der Waals surface area contributed by atoms with Gasteiger partial charge in [-0.1, -0.05) is 23.2 Å². The number of piperidine rings is 1. The Bertz CT molecular complexity index is 1440. The fraction of sp³-hybridized carbons (Fsp3) is 0.429. The van der Waals surface area contributed by atoms with Gasteiger partial charge in [0.25, 0.3) is 5.91 Å². The molecule has 5 rings (SSSR count). The van der Waals surface area contributed by atoms with Crippen molar-refractivity contribution in [3.8, 4) is 5.75 Å². The fourth-order valence-electron chi connectivity index (χ4n) is 4.97. The highest BCUT2D eigenvalue weighted by molar-refractivity contribution is 6.31. The largest absolute Gasteiger partial charge is 0.491 e. The summed E-state index contributed by atoms with van der Waals surface area (Å²) in [6.45, 7) is 1.25. The van der Waals surface area contributed by atoms with Crippen molar-refractivity contribution in [1.29, 1.82) is 0 Å². The lowest BCUT2D eigenvalue weighted by Crippen LogP contribution is -2.47. The second-order valence-corrected chi connectivity index (χ2v) is 11.1. The molecule has 2 aromatic carbocycles. The number of halogens is 4. The SMILES string of the molecule is O=C(NN1CCC(CCC(O)COc2ccc(Cl)c(F)c2)CC1)c1cn(C2CC2)c2cc(Cl)c(F)cc2c1=O. The third-order valence-electron chi connectivity index (χ3n) is 7.37. The van der Waals surface area contributed by atoms with Gasteiger partial charge >= 0.3 is 0 Å². The normalized spacial score (nSPS) is 17.4. The van der Waals surface area contributed by atoms with Gasteiger partial charge in [-0.2, -0.15) is 0 Å². The van der Waals surface area contributed by atoms with Crippen LogP contribution in [0.1, 0.15) is 54.9 Å². The quantitative estimate of drug-likeness (QED) is 0.350. The van der Waals surface area contributed by atoms with Crippen LogP contribution in [-0.2, 0) is 0 Å². The number of benzene rings is 2. The van der Waals surface area contributed by atoms with E-state index in [9.17, 15) is 23.5 Å². The monoisotopic (exact) mass is 579 g/mol. The summed E-state index contributed by atoms with van der Waals surface area (Å²) in [6, 6.07) is 6.85. The first-order chi connectivity index (χ1) is 18.7. The Kier molecular flexibility index (Phi) is 8.42. The predicted octanol–water partition coefficient (Wildman–Crippen LogP) is 5.50. The molecule has 1 amide bonds. The number of carbonyl (C=O) groups is 1. The molecule has 0 bridgehead atoms. The van der Waals surface area contributed by atoms with Gasteiger partial charge in [0.15, 0.2) is 0 Å². The minimum absolute atomic E-state index is 0.0128. The molecule has 0 radical (unpaired) electrons. The molecule has 3 aromatic rings. The summed E-state index contributed by atoms with van der Waals surface area (Å²) in [5.41, 5.74) is 2.81. The first kappa shape index (κ1) is 27.8. The zero-order valence-corrected chi connectivity index (χ0v) is 22.7. The molecule has 39 heavy (non-hydrogen) atoms. The van der Waals surface area contributed by atoms with Crippen molar-refractivity contribution < 1.29 is 23.4 Å². The van der Waals surface area contributed by atoms with Crippen LogP contribution in [0.25, 0.3) is 10.9 Å². The third kappa shape index (κ3) is 6.54. The number of hydrogen-bond acceptors (Lipinski definition) is 5. The third-order valence-corrected chi connectivity index (χ3v) is 7.97. The maximum absolute atomic E-state index is 14.2. The molecule has 1 aliphatic heterocycles. The van der Waals surface area contributed by atoms with Gasteiger partial charge in [0.1, 0.15) is 29.6 Å². The van der Waals surface area contributed by atoms with Gasteiger partial charge in [-0.15, -0.1) is 0 Å². The highest BCUT2D eigenvalue weighted by atomic mass is 35.5. The van der Waals surface area contributed by atoms with Gasteiger partial charge in [-0.25, -0.2) is 13.8 Å². The van der Waals surface area contributed by atoms with Crippen LogP contribution in [0.5, 0.6) is 5.75 Å². The van der Waals surface area contributed by atoms with Crippen molar-refractivity contribution in [3.63, 3.8) is 0 Å². The fourth-order valence-corrected chi connectivity index (χ4v) is 5.24. The van der Waals surface area contributed by atoms with Crippen molar-refractivity contribution in [1.82, 2.24) is 15.0 Å². The van der Waals surface area contributed by atoms with Gasteiger partial charge in [0, 0.05) is 36.8 Å². The number of hydrazine groups is 1. The highest BCUT2D eigenvalue weighted by Crippen LogP contribution is 2.37. The van der Waals surface area contributed by atoms with Gasteiger partial charge in [0.2, 0.25) is 5.43 Å². The Morgan fingerprint density at radius 3 is 2.49 bits per heavy atom. The lowest BCUT2D eigenvalue weighted by atomic mass is 9.92. The summed E-state index contributed by atoms with van der Waals surface area (Å²) < 4.78 is 35.0. The van der Waals surface area contributed by atoms with E-state index in [1.165, 1.54) is 18.2 Å². The molecule has 0 spiro atoms. The zero-order valence-electron chi connectivity index (χ0n) is 21.1. The number of ether oxygens (including phenoxy) is 1. The molecule has 1 atom stereocenters. The average molecular weight is 580 g/mol. The van der Waals surface area contributed by atoms with E-state index in [0.29, 0.717) is 36.7 Å². The van der Waals surface area contributed by atoms with E-state index in [1.807, 2.05) is 4.57 Å². The highest BCUT2D eigenvalue weighted by Gasteiger charge is 2.28. The summed E-state index contributed by atoms with van der Waals surface area (Å²) in [7, 11) is 0. The smallest absolute Gasteiger partial charge is 0.271 e. The van der Waals surface area contributed by atoms with Crippen molar-refractivity contribution in [2.45, 2.75) is 50.7 Å². The van der Waals surface area contributed by atoms with Crippen LogP contribution >= 0.6 is 23.2 Å². The van der Waals surface area contributed by atoms with Crippen molar-refractivity contribution >= 4 is 40.0 Å². The molecule has 1 saturated heterocycles. The molecule has 1 saturated carbocycles. The number of rotatable bonds is 9. The maximum atomic E-state index is 14.2. The van der Waals surface area contributed by atoms with Gasteiger partial charge in [-0.3, -0.25) is 15.0 Å². The number of nitrogens with one attached hydrogen (secondary N) is 1. The van der Waals surface area contributed by atoms with Crippen molar-refractivity contribution in [2.75, 3.05) is 19.7 Å². The van der Waals surface area contributed by atoms with Crippen LogP contribution in [0.3, 0.4) is 0 Å². The van der Waals surface area contributed by atoms with Crippen LogP contribution in [0.2, 0.25) is 10.0 Å². The summed E-state index contributed by atoms with van der Waals surface area (Å²) in [5, 5.41) is 12.2. The van der Waals surface area contributed by atoms with E-state index in [0.717, 1.165) is 38.2 Å². The predicted molar refractivity (Wildman–Crippen MR) is 145 cm³/mol. The minimum Gasteiger partial charge on any atom is -0.491 e. The molecule has 2 fully saturated rings. The number of pyridine rings is 1. The Balaban J connectivity index is 1.13. The van der Waals surface area contributed by atoms with Crippen LogP contribution in [0.15, 0.2) is 41.3 Å². The zero-order chi connectivity index (χ0) is 27.7. The van der Waals surface area contributed by atoms with Crippen molar-refractivity contribution in [2.24, 2.45) is 5.92 Å². The Labute approximate surface area is 234 Å². The summed E-state index contributed by atoms with van der Waals surface area (Å²) in [6.07, 6.45) is 5.64. The van der Waals surface area contributed by atoms with Crippen LogP contribution in [0, 0.1) is 17.6 Å². The number of fused-ring (bicyclic) bond motifs is 1. The molecule has 11 heteroatoms. The van der Waals surface area contributed by atoms with E-state index in [4.69, 9.17) is 27.9 Å². The number of nitrogens with zero attached hydrogens (tertiary/aromatic N) is 2. The van der Waals surface area contributed by atoms with Crippen LogP contribution in [0.4, 0.5) is 8.78 Å². The molecule has 208 valence electrons. The first-order valence-electron chi connectivity index (χ1n) is 13.1. The second-order valence-electron chi connectivity index (χ2n) is 10.3. The molecular formula is C28H29Cl2F2N3O4. The van der Waals surface area contributed by atoms with Crippen molar-refractivity contribution in [3.05, 3.63) is 74.0 Å². The van der Waals surface area contributed by atoms with E-state index in [-0.39, 0.29) is 33.6 Å². The number of hydrogen-bond donors (Lipinski definition) is 2. The minimum atomic E-state index is -0.696. The second kappa shape index (κ2) is 11.8. The first-order valence-corrected chi connectivity index (χ1v) is 13.8. The molecule has 1 aromatic heterocycles. The molecule has 2 heterocycles. The van der Waals surface area contributed by atoms with Crippen LogP contribution < -0.4 is 15.6 Å². The molecule has 1 aliphatic carbocycles. The van der Waals surface area contributed by atoms with Gasteiger partial charge in [-0.05, 0) is 68.7 Å².